The predicted molar refractivity (Wildman–Crippen MR) is 108 cm³/mol. The van der Waals surface area contributed by atoms with E-state index in [9.17, 15) is 4.79 Å². The Morgan fingerprint density at radius 2 is 1.85 bits per heavy atom. The Hall–Kier alpha value is -1.36. The second-order valence-electron chi connectivity index (χ2n) is 8.17. The second kappa shape index (κ2) is 7.71. The van der Waals surface area contributed by atoms with Crippen LogP contribution in [0.25, 0.3) is 11.0 Å². The number of hydrogen-bond donors (Lipinski definition) is 0. The smallest absolute Gasteiger partial charge is 0.336 e. The van der Waals surface area contributed by atoms with E-state index in [1.807, 2.05) is 19.1 Å². The molecule has 142 valence electrons. The molecule has 5 heteroatoms. The zero-order valence-corrected chi connectivity index (χ0v) is 17.0. The van der Waals surface area contributed by atoms with Gasteiger partial charge in [0, 0.05) is 41.6 Å². The number of halogens is 1. The van der Waals surface area contributed by atoms with Crippen LogP contribution in [0.3, 0.4) is 0 Å². The maximum absolute atomic E-state index is 12.1. The summed E-state index contributed by atoms with van der Waals surface area (Å²) in [5, 5.41) is 1.69. The second-order valence-corrected chi connectivity index (χ2v) is 8.58. The number of aryl methyl sites for hydroxylation is 1. The number of benzene rings is 1. The van der Waals surface area contributed by atoms with Crippen LogP contribution in [0.5, 0.6) is 0 Å². The molecule has 26 heavy (non-hydrogen) atoms. The Kier molecular flexibility index (Phi) is 5.75. The summed E-state index contributed by atoms with van der Waals surface area (Å²) in [6, 6.07) is 5.48. The number of rotatable bonds is 3. The van der Waals surface area contributed by atoms with E-state index in [0.29, 0.717) is 5.58 Å². The fraction of sp³-hybridized carbons (Fsp3) is 0.571. The van der Waals surface area contributed by atoms with Crippen LogP contribution in [-0.2, 0) is 13.0 Å². The largest absolute Gasteiger partial charge is 0.423 e. The molecule has 0 N–H and O–H groups in total. The third kappa shape index (κ3) is 4.30. The maximum atomic E-state index is 12.1. The van der Waals surface area contributed by atoms with Crippen LogP contribution >= 0.6 is 11.6 Å². The van der Waals surface area contributed by atoms with Crippen LogP contribution in [0.4, 0.5) is 0 Å². The zero-order chi connectivity index (χ0) is 18.9. The lowest BCUT2D eigenvalue weighted by Crippen LogP contribution is -2.43. The van der Waals surface area contributed by atoms with Crippen molar-refractivity contribution in [3.05, 3.63) is 44.8 Å². The van der Waals surface area contributed by atoms with Gasteiger partial charge in [0.2, 0.25) is 0 Å². The number of fused-ring (bicyclic) bond motifs is 1. The average molecular weight is 377 g/mol. The molecule has 1 fully saturated rings. The fourth-order valence-corrected chi connectivity index (χ4v) is 4.03. The summed E-state index contributed by atoms with van der Waals surface area (Å²) in [7, 11) is 0. The lowest BCUT2D eigenvalue weighted by atomic mass is 10.1. The van der Waals surface area contributed by atoms with Gasteiger partial charge in [0.25, 0.3) is 0 Å². The maximum Gasteiger partial charge on any atom is 0.336 e. The molecule has 0 aliphatic carbocycles. The first kappa shape index (κ1) is 19.4. The molecule has 3 rings (SSSR count). The van der Waals surface area contributed by atoms with Crippen LogP contribution in [-0.4, -0.2) is 41.5 Å². The van der Waals surface area contributed by atoms with E-state index in [0.717, 1.165) is 67.1 Å². The first-order chi connectivity index (χ1) is 12.3. The van der Waals surface area contributed by atoms with Gasteiger partial charge >= 0.3 is 5.63 Å². The lowest BCUT2D eigenvalue weighted by Gasteiger charge is -2.34. The van der Waals surface area contributed by atoms with Gasteiger partial charge in [-0.2, -0.15) is 0 Å². The molecule has 0 amide bonds. The summed E-state index contributed by atoms with van der Waals surface area (Å²) in [4.78, 5) is 17.0. The quantitative estimate of drug-likeness (QED) is 0.748. The van der Waals surface area contributed by atoms with Crippen LogP contribution < -0.4 is 5.63 Å². The highest BCUT2D eigenvalue weighted by Gasteiger charge is 2.24. The Labute approximate surface area is 160 Å². The van der Waals surface area contributed by atoms with Crippen LogP contribution in [0.15, 0.2) is 27.4 Å². The normalized spacial score (nSPS) is 17.6. The molecule has 1 aliphatic heterocycles. The highest BCUT2D eigenvalue weighted by molar-refractivity contribution is 6.32. The van der Waals surface area contributed by atoms with Crippen molar-refractivity contribution < 1.29 is 4.42 Å². The first-order valence-electron chi connectivity index (χ1n) is 9.50. The van der Waals surface area contributed by atoms with E-state index >= 15 is 0 Å². The molecule has 1 aliphatic rings. The third-order valence-electron chi connectivity index (χ3n) is 5.31. The minimum atomic E-state index is -0.289. The van der Waals surface area contributed by atoms with E-state index in [1.165, 1.54) is 0 Å². The summed E-state index contributed by atoms with van der Waals surface area (Å²) < 4.78 is 5.43. The van der Waals surface area contributed by atoms with Gasteiger partial charge in [-0.25, -0.2) is 4.79 Å². The Bertz CT molecular complexity index is 838. The Balaban J connectivity index is 1.87. The molecule has 4 nitrogen and oxygen atoms in total. The fourth-order valence-electron chi connectivity index (χ4n) is 3.73. The van der Waals surface area contributed by atoms with E-state index in [4.69, 9.17) is 16.0 Å². The van der Waals surface area contributed by atoms with E-state index in [2.05, 4.69) is 30.6 Å². The van der Waals surface area contributed by atoms with Crippen molar-refractivity contribution in [3.63, 3.8) is 0 Å². The highest BCUT2D eigenvalue weighted by Crippen LogP contribution is 2.27. The molecule has 0 radical (unpaired) electrons. The van der Waals surface area contributed by atoms with Gasteiger partial charge < -0.3 is 4.42 Å². The summed E-state index contributed by atoms with van der Waals surface area (Å²) in [5.41, 5.74) is 2.56. The third-order valence-corrected chi connectivity index (χ3v) is 5.66. The molecular weight excluding hydrogens is 348 g/mol. The summed E-state index contributed by atoms with van der Waals surface area (Å²) in [6.45, 7) is 13.8. The van der Waals surface area contributed by atoms with Crippen molar-refractivity contribution in [3.8, 4) is 0 Å². The molecule has 2 heterocycles. The highest BCUT2D eigenvalue weighted by atomic mass is 35.5. The molecule has 0 atom stereocenters. The molecular formula is C21H29ClN2O2. The van der Waals surface area contributed by atoms with Gasteiger partial charge in [-0.05, 0) is 70.0 Å². The van der Waals surface area contributed by atoms with Crippen LogP contribution in [0.1, 0.15) is 45.2 Å². The number of hydrogen-bond acceptors (Lipinski definition) is 4. The minimum absolute atomic E-state index is 0.195. The van der Waals surface area contributed by atoms with Gasteiger partial charge in [-0.15, -0.1) is 0 Å². The molecule has 2 aromatic rings. The summed E-state index contributed by atoms with van der Waals surface area (Å²) in [6.07, 6.45) is 1.95. The van der Waals surface area contributed by atoms with E-state index in [-0.39, 0.29) is 11.2 Å². The van der Waals surface area contributed by atoms with Crippen molar-refractivity contribution in [1.29, 1.82) is 0 Å². The van der Waals surface area contributed by atoms with Gasteiger partial charge in [-0.1, -0.05) is 18.5 Å². The minimum Gasteiger partial charge on any atom is -0.423 e. The summed E-state index contributed by atoms with van der Waals surface area (Å²) >= 11 is 6.41. The van der Waals surface area contributed by atoms with Crippen LogP contribution in [0.2, 0.25) is 5.02 Å². The van der Waals surface area contributed by atoms with Crippen LogP contribution in [0, 0.1) is 0 Å². The van der Waals surface area contributed by atoms with Gasteiger partial charge in [0.1, 0.15) is 5.58 Å². The number of nitrogens with zero attached hydrogens (tertiary/aromatic N) is 2. The Morgan fingerprint density at radius 1 is 1.08 bits per heavy atom. The van der Waals surface area contributed by atoms with Crippen molar-refractivity contribution in [2.75, 3.05) is 26.2 Å². The summed E-state index contributed by atoms with van der Waals surface area (Å²) in [5.74, 6) is 0. The topological polar surface area (TPSA) is 36.7 Å². The first-order valence-corrected chi connectivity index (χ1v) is 9.88. The molecule has 0 spiro atoms. The molecule has 0 bridgehead atoms. The van der Waals surface area contributed by atoms with Crippen molar-refractivity contribution in [1.82, 2.24) is 9.80 Å². The molecule has 1 saturated heterocycles. The monoisotopic (exact) mass is 376 g/mol. The Morgan fingerprint density at radius 3 is 2.54 bits per heavy atom. The van der Waals surface area contributed by atoms with Crippen molar-refractivity contribution in [2.24, 2.45) is 0 Å². The molecule has 0 unspecified atom stereocenters. The molecule has 1 aromatic heterocycles. The van der Waals surface area contributed by atoms with E-state index < -0.39 is 0 Å². The SMILES string of the molecule is CCc1cc2oc(=O)cc(CN3CCCN(C(C)(C)C)CC3)c2cc1Cl. The predicted octanol–water partition coefficient (Wildman–Crippen LogP) is 4.32. The van der Waals surface area contributed by atoms with Crippen molar-refractivity contribution >= 4 is 22.6 Å². The standard InChI is InChI=1S/C21H29ClN2O2/c1-5-15-11-19-17(13-18(15)22)16(12-20(25)26-19)14-23-7-6-8-24(10-9-23)21(2,3)4/h11-13H,5-10,14H2,1-4H3. The van der Waals surface area contributed by atoms with Gasteiger partial charge in [0.05, 0.1) is 0 Å². The molecule has 0 saturated carbocycles. The molecule has 1 aromatic carbocycles. The van der Waals surface area contributed by atoms with Gasteiger partial charge in [-0.3, -0.25) is 9.80 Å². The van der Waals surface area contributed by atoms with Gasteiger partial charge in [0.15, 0.2) is 0 Å². The zero-order valence-electron chi connectivity index (χ0n) is 16.3. The average Bonchev–Trinajstić information content (AvgIpc) is 2.80. The van der Waals surface area contributed by atoms with E-state index in [1.54, 1.807) is 6.07 Å². The van der Waals surface area contributed by atoms with Crippen molar-refractivity contribution in [2.45, 2.75) is 52.6 Å². The lowest BCUT2D eigenvalue weighted by molar-refractivity contribution is 0.140.